The van der Waals surface area contributed by atoms with Gasteiger partial charge in [0.1, 0.15) is 0 Å². The van der Waals surface area contributed by atoms with Gasteiger partial charge in [-0.25, -0.2) is 0 Å². The minimum Gasteiger partial charge on any atom is -0.396 e. The Morgan fingerprint density at radius 2 is 2.21 bits per heavy atom. The fourth-order valence-electron chi connectivity index (χ4n) is 2.16. The van der Waals surface area contributed by atoms with Crippen LogP contribution in [0.25, 0.3) is 0 Å². The number of carbonyl (C=O) groups is 1. The number of benzene rings is 1. The lowest BCUT2D eigenvalue weighted by atomic mass is 9.90. The van der Waals surface area contributed by atoms with Crippen molar-refractivity contribution >= 4 is 17.7 Å². The number of aliphatic hydroxyl groups is 1. The molecule has 0 spiro atoms. The summed E-state index contributed by atoms with van der Waals surface area (Å²) < 4.78 is 0. The molecular formula is C15H21NO2S. The second-order valence-corrected chi connectivity index (χ2v) is 7.02. The van der Waals surface area contributed by atoms with Crippen LogP contribution in [-0.2, 0) is 11.2 Å². The molecule has 2 rings (SSSR count). The van der Waals surface area contributed by atoms with E-state index < -0.39 is 0 Å². The molecule has 1 aromatic carbocycles. The van der Waals surface area contributed by atoms with Crippen molar-refractivity contribution in [2.45, 2.75) is 36.8 Å². The van der Waals surface area contributed by atoms with Gasteiger partial charge in [0.05, 0.1) is 5.25 Å². The third-order valence-corrected chi connectivity index (χ3v) is 4.79. The molecule has 0 saturated heterocycles. The Kier molecular flexibility index (Phi) is 4.53. The van der Waals surface area contributed by atoms with E-state index in [0.717, 1.165) is 6.42 Å². The molecule has 3 nitrogen and oxygen atoms in total. The van der Waals surface area contributed by atoms with Crippen molar-refractivity contribution in [1.29, 1.82) is 0 Å². The molecule has 0 radical (unpaired) electrons. The predicted octanol–water partition coefficient (Wildman–Crippen LogP) is 2.23. The third-order valence-electron chi connectivity index (χ3n) is 3.47. The lowest BCUT2D eigenvalue weighted by molar-refractivity contribution is -0.121. The molecular weight excluding hydrogens is 258 g/mol. The Morgan fingerprint density at radius 3 is 2.89 bits per heavy atom. The van der Waals surface area contributed by atoms with Gasteiger partial charge in [0.25, 0.3) is 0 Å². The van der Waals surface area contributed by atoms with Crippen molar-refractivity contribution in [3.05, 3.63) is 29.8 Å². The van der Waals surface area contributed by atoms with Crippen LogP contribution >= 0.6 is 11.8 Å². The number of nitrogens with one attached hydrogen (secondary N) is 1. The molecule has 0 bridgehead atoms. The molecule has 1 aliphatic heterocycles. The van der Waals surface area contributed by atoms with Gasteiger partial charge in [0, 0.05) is 18.0 Å². The highest BCUT2D eigenvalue weighted by molar-refractivity contribution is 8.01. The van der Waals surface area contributed by atoms with E-state index in [1.54, 1.807) is 11.8 Å². The van der Waals surface area contributed by atoms with Crippen molar-refractivity contribution in [3.63, 3.8) is 0 Å². The topological polar surface area (TPSA) is 49.3 Å². The quantitative estimate of drug-likeness (QED) is 0.869. The first-order valence-electron chi connectivity index (χ1n) is 6.65. The van der Waals surface area contributed by atoms with Gasteiger partial charge in [-0.05, 0) is 29.9 Å². The average molecular weight is 279 g/mol. The maximum Gasteiger partial charge on any atom is 0.233 e. The summed E-state index contributed by atoms with van der Waals surface area (Å²) in [6.45, 7) is 4.88. The van der Waals surface area contributed by atoms with E-state index in [4.69, 9.17) is 5.11 Å². The number of thioether (sulfide) groups is 1. The lowest BCUT2D eigenvalue weighted by Crippen LogP contribution is -2.39. The van der Waals surface area contributed by atoms with Crippen molar-refractivity contribution in [2.24, 2.45) is 5.41 Å². The second-order valence-electron chi connectivity index (χ2n) is 5.77. The van der Waals surface area contributed by atoms with E-state index in [9.17, 15) is 4.79 Å². The van der Waals surface area contributed by atoms with E-state index >= 15 is 0 Å². The molecule has 1 atom stereocenters. The number of aliphatic hydroxyl groups excluding tert-OH is 1. The Balaban J connectivity index is 1.86. The van der Waals surface area contributed by atoms with E-state index in [1.807, 2.05) is 12.1 Å². The number of amides is 1. The summed E-state index contributed by atoms with van der Waals surface area (Å²) in [6, 6.07) is 8.19. The number of rotatable bonds is 5. The van der Waals surface area contributed by atoms with Gasteiger partial charge >= 0.3 is 0 Å². The number of hydrogen-bond acceptors (Lipinski definition) is 3. The maximum absolute atomic E-state index is 12.2. The largest absolute Gasteiger partial charge is 0.396 e. The molecule has 104 valence electrons. The molecule has 1 aromatic rings. The summed E-state index contributed by atoms with van der Waals surface area (Å²) in [4.78, 5) is 13.4. The van der Waals surface area contributed by atoms with Crippen LogP contribution in [0.15, 0.2) is 29.2 Å². The van der Waals surface area contributed by atoms with Gasteiger partial charge in [-0.15, -0.1) is 11.8 Å². The zero-order valence-electron chi connectivity index (χ0n) is 11.5. The summed E-state index contributed by atoms with van der Waals surface area (Å²) in [5.74, 6) is 0.104. The van der Waals surface area contributed by atoms with E-state index in [1.165, 1.54) is 10.5 Å². The van der Waals surface area contributed by atoms with Crippen LogP contribution < -0.4 is 5.32 Å². The van der Waals surface area contributed by atoms with Gasteiger partial charge in [-0.1, -0.05) is 32.0 Å². The van der Waals surface area contributed by atoms with Gasteiger partial charge < -0.3 is 10.4 Å². The molecule has 1 heterocycles. The summed E-state index contributed by atoms with van der Waals surface area (Å²) in [5.41, 5.74) is 1.21. The van der Waals surface area contributed by atoms with E-state index in [-0.39, 0.29) is 23.2 Å². The summed E-state index contributed by atoms with van der Waals surface area (Å²) >= 11 is 1.65. The minimum atomic E-state index is -0.0550. The van der Waals surface area contributed by atoms with Crippen LogP contribution in [0.3, 0.4) is 0 Å². The van der Waals surface area contributed by atoms with Crippen molar-refractivity contribution in [3.8, 4) is 0 Å². The van der Waals surface area contributed by atoms with Gasteiger partial charge in [-0.2, -0.15) is 0 Å². The normalized spacial score (nSPS) is 18.2. The third kappa shape index (κ3) is 3.74. The van der Waals surface area contributed by atoms with Gasteiger partial charge in [0.15, 0.2) is 0 Å². The second kappa shape index (κ2) is 5.97. The summed E-state index contributed by atoms with van der Waals surface area (Å²) in [5, 5.41) is 12.0. The first-order chi connectivity index (χ1) is 9.02. The Hall–Kier alpha value is -1.00. The zero-order valence-corrected chi connectivity index (χ0v) is 12.3. The van der Waals surface area contributed by atoms with Crippen LogP contribution in [-0.4, -0.2) is 29.4 Å². The fraction of sp³-hybridized carbons (Fsp3) is 0.533. The summed E-state index contributed by atoms with van der Waals surface area (Å²) in [6.07, 6.45) is 1.51. The van der Waals surface area contributed by atoms with Crippen molar-refractivity contribution in [2.75, 3.05) is 13.2 Å². The average Bonchev–Trinajstić information content (AvgIpc) is 2.79. The molecule has 1 unspecified atom stereocenters. The fourth-order valence-corrected chi connectivity index (χ4v) is 3.38. The van der Waals surface area contributed by atoms with E-state index in [2.05, 4.69) is 31.3 Å². The Bertz CT molecular complexity index is 434. The monoisotopic (exact) mass is 279 g/mol. The van der Waals surface area contributed by atoms with Gasteiger partial charge in [0.2, 0.25) is 5.91 Å². The highest BCUT2D eigenvalue weighted by Gasteiger charge is 2.29. The first-order valence-corrected chi connectivity index (χ1v) is 7.53. The van der Waals surface area contributed by atoms with Crippen LogP contribution in [0, 0.1) is 5.41 Å². The van der Waals surface area contributed by atoms with Crippen LogP contribution in [0.2, 0.25) is 0 Å². The molecule has 1 amide bonds. The maximum atomic E-state index is 12.2. The number of hydrogen-bond donors (Lipinski definition) is 2. The Labute approximate surface area is 118 Å². The van der Waals surface area contributed by atoms with Crippen molar-refractivity contribution < 1.29 is 9.90 Å². The number of fused-ring (bicyclic) bond motifs is 1. The van der Waals surface area contributed by atoms with Crippen LogP contribution in [0.4, 0.5) is 0 Å². The van der Waals surface area contributed by atoms with Crippen molar-refractivity contribution in [1.82, 2.24) is 5.32 Å². The summed E-state index contributed by atoms with van der Waals surface area (Å²) in [7, 11) is 0. The molecule has 2 N–H and O–H groups in total. The highest BCUT2D eigenvalue weighted by atomic mass is 32.2. The van der Waals surface area contributed by atoms with E-state index in [0.29, 0.717) is 13.0 Å². The molecule has 0 aromatic heterocycles. The number of carbonyl (C=O) groups excluding carboxylic acids is 1. The molecule has 19 heavy (non-hydrogen) atoms. The lowest BCUT2D eigenvalue weighted by Gasteiger charge is -2.24. The molecule has 1 aliphatic rings. The zero-order chi connectivity index (χ0) is 13.9. The molecule has 0 aliphatic carbocycles. The smallest absolute Gasteiger partial charge is 0.233 e. The van der Waals surface area contributed by atoms with Gasteiger partial charge in [-0.3, -0.25) is 4.79 Å². The minimum absolute atomic E-state index is 0.0117. The molecule has 0 fully saturated rings. The predicted molar refractivity (Wildman–Crippen MR) is 78.3 cm³/mol. The SMILES string of the molecule is CC(C)(CCO)CNC(=O)C1Cc2ccccc2S1. The standard InChI is InChI=1S/C15H21NO2S/c1-15(2,7-8-17)10-16-14(18)13-9-11-5-3-4-6-12(11)19-13/h3-6,13,17H,7-10H2,1-2H3,(H,16,18). The van der Waals surface area contributed by atoms with Crippen LogP contribution in [0.1, 0.15) is 25.8 Å². The molecule has 0 saturated carbocycles. The molecule has 4 heteroatoms. The highest BCUT2D eigenvalue weighted by Crippen LogP contribution is 2.36. The first kappa shape index (κ1) is 14.4. The van der Waals surface area contributed by atoms with Crippen LogP contribution in [0.5, 0.6) is 0 Å². The Morgan fingerprint density at radius 1 is 1.47 bits per heavy atom.